The topological polar surface area (TPSA) is 113 Å². The number of rotatable bonds is 16. The smallest absolute Gasteiger partial charge is 0.302 e. The summed E-state index contributed by atoms with van der Waals surface area (Å²) in [7, 11) is -10.1. The Labute approximate surface area is 206 Å². The first-order valence-electron chi connectivity index (χ1n) is 11.6. The maximum Gasteiger partial charge on any atom is 0.481 e. The van der Waals surface area contributed by atoms with Gasteiger partial charge in [0, 0.05) is 0 Å². The van der Waals surface area contributed by atoms with E-state index in [2.05, 4.69) is 43.3 Å². The van der Waals surface area contributed by atoms with Crippen molar-refractivity contribution < 1.29 is 32.6 Å². The minimum absolute atomic E-state index is 0.282. The normalized spacial score (nSPS) is 16.1. The lowest BCUT2D eigenvalue weighted by Gasteiger charge is -2.18. The van der Waals surface area contributed by atoms with E-state index >= 15 is 0 Å². The molecule has 0 saturated heterocycles. The molecular formula is C25H44O7P2. The number of phosphoric acid groups is 2. The number of allylic oxidation sites excluding steroid dienone is 8. The Bertz CT molecular complexity index is 868. The molecule has 2 atom stereocenters. The molecule has 3 N–H and O–H groups in total. The summed E-state index contributed by atoms with van der Waals surface area (Å²) in [5.41, 5.74) is 5.91. The second kappa shape index (κ2) is 16.6. The average Bonchev–Trinajstić information content (AvgIpc) is 2.63. The van der Waals surface area contributed by atoms with E-state index in [0.717, 1.165) is 49.7 Å². The Morgan fingerprint density at radius 1 is 0.706 bits per heavy atom. The van der Waals surface area contributed by atoms with E-state index < -0.39 is 21.7 Å². The summed E-state index contributed by atoms with van der Waals surface area (Å²) < 4.78 is 32.2. The van der Waals surface area contributed by atoms with Gasteiger partial charge in [0.15, 0.2) is 0 Å². The van der Waals surface area contributed by atoms with Gasteiger partial charge in [0.2, 0.25) is 0 Å². The first kappa shape index (κ1) is 33.0. The lowest BCUT2D eigenvalue weighted by atomic mass is 10.0. The summed E-state index contributed by atoms with van der Waals surface area (Å²) in [4.78, 5) is 27.6. The second-order valence-corrected chi connectivity index (χ2v) is 12.0. The van der Waals surface area contributed by atoms with E-state index in [4.69, 9.17) is 14.3 Å². The molecule has 0 aromatic carbocycles. The third-order valence-corrected chi connectivity index (χ3v) is 7.07. The van der Waals surface area contributed by atoms with Gasteiger partial charge in [-0.25, -0.2) is 9.13 Å². The fourth-order valence-electron chi connectivity index (χ4n) is 3.11. The monoisotopic (exact) mass is 518 g/mol. The molecule has 34 heavy (non-hydrogen) atoms. The van der Waals surface area contributed by atoms with Crippen molar-refractivity contribution in [1.29, 1.82) is 0 Å². The summed E-state index contributed by atoms with van der Waals surface area (Å²) >= 11 is 0. The van der Waals surface area contributed by atoms with Crippen molar-refractivity contribution in [1.82, 2.24) is 0 Å². The van der Waals surface area contributed by atoms with Gasteiger partial charge >= 0.3 is 15.6 Å². The Morgan fingerprint density at radius 2 is 1.15 bits per heavy atom. The van der Waals surface area contributed by atoms with Crippen LogP contribution >= 0.6 is 15.6 Å². The standard InChI is InChI=1S/C25H44O7P2/c1-20(2)11-8-13-22(5)14-10-15-23(6)17-18-25(19-24(7)16-9-12-21(3)4)31-34(29,30)32-33(26,27)28/h11-12,14,17,19,25H,8-10,13,15-16,18H2,1-7H3,(H,29,30)(H2,26,27,28)/b22-14?,23-17?,24-19+. The second-order valence-electron chi connectivity index (χ2n) is 9.21. The van der Waals surface area contributed by atoms with Gasteiger partial charge < -0.3 is 14.7 Å². The summed E-state index contributed by atoms with van der Waals surface area (Å²) in [6.07, 6.45) is 15.0. The van der Waals surface area contributed by atoms with E-state index in [1.165, 1.54) is 16.7 Å². The van der Waals surface area contributed by atoms with Crippen LogP contribution in [0.1, 0.15) is 93.4 Å². The Kier molecular flexibility index (Phi) is 16.1. The highest BCUT2D eigenvalue weighted by Crippen LogP contribution is 2.58. The van der Waals surface area contributed by atoms with Gasteiger partial charge in [-0.2, -0.15) is 4.31 Å². The van der Waals surface area contributed by atoms with Crippen molar-refractivity contribution >= 4 is 15.6 Å². The van der Waals surface area contributed by atoms with Crippen LogP contribution in [-0.2, 0) is 18.0 Å². The van der Waals surface area contributed by atoms with Gasteiger partial charge in [-0.1, -0.05) is 58.2 Å². The number of hydrogen-bond acceptors (Lipinski definition) is 4. The molecule has 196 valence electrons. The summed E-state index contributed by atoms with van der Waals surface area (Å²) in [5, 5.41) is 0. The molecule has 0 amide bonds. The molecule has 7 nitrogen and oxygen atoms in total. The molecule has 0 spiro atoms. The zero-order chi connectivity index (χ0) is 26.4. The van der Waals surface area contributed by atoms with Crippen LogP contribution in [0, 0.1) is 0 Å². The molecule has 0 aliphatic rings. The largest absolute Gasteiger partial charge is 0.481 e. The molecule has 0 radical (unpaired) electrons. The van der Waals surface area contributed by atoms with Crippen molar-refractivity contribution in [2.24, 2.45) is 0 Å². The lowest BCUT2D eigenvalue weighted by molar-refractivity contribution is 0.151. The van der Waals surface area contributed by atoms with E-state index in [-0.39, 0.29) is 6.42 Å². The van der Waals surface area contributed by atoms with Crippen LogP contribution < -0.4 is 0 Å². The predicted octanol–water partition coefficient (Wildman–Crippen LogP) is 8.08. The zero-order valence-corrected chi connectivity index (χ0v) is 23.6. The quantitative estimate of drug-likeness (QED) is 0.140. The SMILES string of the molecule is CC(C)=CCCC(C)=CCCC(C)=CCC(/C=C(\C)CCC=C(C)C)OP(=O)(O)OP(=O)(O)O. The third kappa shape index (κ3) is 20.3. The molecule has 2 unspecified atom stereocenters. The van der Waals surface area contributed by atoms with Gasteiger partial charge in [0.1, 0.15) is 0 Å². The highest BCUT2D eigenvalue weighted by molar-refractivity contribution is 7.60. The molecule has 0 aliphatic carbocycles. The van der Waals surface area contributed by atoms with Crippen molar-refractivity contribution in [3.8, 4) is 0 Å². The van der Waals surface area contributed by atoms with Gasteiger partial charge in [0.05, 0.1) is 6.10 Å². The Hall–Kier alpha value is -1.04. The third-order valence-electron chi connectivity index (χ3n) is 4.86. The van der Waals surface area contributed by atoms with Crippen LogP contribution in [0.25, 0.3) is 0 Å². The Balaban J connectivity index is 5.19. The van der Waals surface area contributed by atoms with Crippen LogP contribution in [0.5, 0.6) is 0 Å². The van der Waals surface area contributed by atoms with Crippen LogP contribution in [-0.4, -0.2) is 20.8 Å². The van der Waals surface area contributed by atoms with Crippen molar-refractivity contribution in [2.75, 3.05) is 0 Å². The van der Waals surface area contributed by atoms with E-state index in [1.807, 2.05) is 33.8 Å². The highest BCUT2D eigenvalue weighted by atomic mass is 31.3. The molecule has 0 saturated carbocycles. The van der Waals surface area contributed by atoms with Gasteiger partial charge in [-0.05, 0) is 93.4 Å². The minimum Gasteiger partial charge on any atom is -0.302 e. The van der Waals surface area contributed by atoms with Crippen molar-refractivity contribution in [3.05, 3.63) is 58.2 Å². The number of hydrogen-bond donors (Lipinski definition) is 3. The predicted molar refractivity (Wildman–Crippen MR) is 140 cm³/mol. The summed E-state index contributed by atoms with van der Waals surface area (Å²) in [5.74, 6) is 0. The average molecular weight is 519 g/mol. The van der Waals surface area contributed by atoms with Crippen LogP contribution in [0.2, 0.25) is 0 Å². The molecule has 0 heterocycles. The summed E-state index contributed by atoms with van der Waals surface area (Å²) in [6.45, 7) is 14.2. The van der Waals surface area contributed by atoms with Crippen LogP contribution in [0.4, 0.5) is 0 Å². The van der Waals surface area contributed by atoms with Gasteiger partial charge in [0.25, 0.3) is 0 Å². The Morgan fingerprint density at radius 3 is 1.62 bits per heavy atom. The van der Waals surface area contributed by atoms with E-state index in [1.54, 1.807) is 6.08 Å². The highest BCUT2D eigenvalue weighted by Gasteiger charge is 2.34. The molecule has 0 aliphatic heterocycles. The molecule has 9 heteroatoms. The number of phosphoric ester groups is 1. The van der Waals surface area contributed by atoms with E-state index in [9.17, 15) is 14.0 Å². The maximum atomic E-state index is 12.1. The molecule has 0 bridgehead atoms. The lowest BCUT2D eigenvalue weighted by Crippen LogP contribution is -2.09. The molecular weight excluding hydrogens is 474 g/mol. The zero-order valence-electron chi connectivity index (χ0n) is 21.8. The molecule has 0 aromatic heterocycles. The van der Waals surface area contributed by atoms with Crippen molar-refractivity contribution in [2.45, 2.75) is 99.5 Å². The fraction of sp³-hybridized carbons (Fsp3) is 0.600. The van der Waals surface area contributed by atoms with Crippen LogP contribution in [0.15, 0.2) is 58.2 Å². The first-order valence-corrected chi connectivity index (χ1v) is 14.7. The first-order chi connectivity index (χ1) is 15.6. The fourth-order valence-corrected chi connectivity index (χ4v) is 4.83. The van der Waals surface area contributed by atoms with Gasteiger partial charge in [-0.3, -0.25) is 4.52 Å². The van der Waals surface area contributed by atoms with E-state index in [0.29, 0.717) is 0 Å². The maximum absolute atomic E-state index is 12.1. The van der Waals surface area contributed by atoms with Gasteiger partial charge in [-0.15, -0.1) is 0 Å². The molecule has 0 fully saturated rings. The van der Waals surface area contributed by atoms with Crippen LogP contribution in [0.3, 0.4) is 0 Å². The molecule has 0 rings (SSSR count). The summed E-state index contributed by atoms with van der Waals surface area (Å²) in [6, 6.07) is 0. The molecule has 0 aromatic rings. The minimum atomic E-state index is -5.17. The van der Waals surface area contributed by atoms with Crippen molar-refractivity contribution in [3.63, 3.8) is 0 Å².